The van der Waals surface area contributed by atoms with E-state index in [1.165, 1.54) is 6.07 Å². The van der Waals surface area contributed by atoms with Crippen molar-refractivity contribution in [2.75, 3.05) is 23.4 Å². The number of benzene rings is 2. The fourth-order valence-electron chi connectivity index (χ4n) is 3.39. The number of aromatic nitrogens is 3. The van der Waals surface area contributed by atoms with Crippen molar-refractivity contribution in [2.24, 2.45) is 0 Å². The Kier molecular flexibility index (Phi) is 7.81. The zero-order chi connectivity index (χ0) is 25.7. The van der Waals surface area contributed by atoms with Gasteiger partial charge in [0.05, 0.1) is 18.1 Å². The molecule has 184 valence electrons. The Morgan fingerprint density at radius 3 is 2.61 bits per heavy atom. The summed E-state index contributed by atoms with van der Waals surface area (Å²) in [7, 11) is 0. The number of rotatable bonds is 8. The first-order chi connectivity index (χ1) is 17.4. The molecule has 0 radical (unpaired) electrons. The number of nitrogens with zero attached hydrogens (tertiary/aromatic N) is 3. The van der Waals surface area contributed by atoms with Gasteiger partial charge in [-0.2, -0.15) is 4.98 Å². The highest BCUT2D eigenvalue weighted by atomic mass is 32.2. The number of ether oxygens (including phenoxy) is 1. The molecule has 0 aliphatic heterocycles. The van der Waals surface area contributed by atoms with E-state index in [0.717, 1.165) is 39.9 Å². The lowest BCUT2D eigenvalue weighted by Gasteiger charge is -2.15. The SMILES string of the molecule is CCOC(=O)c1sc(NC(=O)CSc2nc(=O)cc(N)n2-c2cccc(C)c2)nc1-c1ccccc1. The van der Waals surface area contributed by atoms with Crippen molar-refractivity contribution in [1.29, 1.82) is 0 Å². The summed E-state index contributed by atoms with van der Waals surface area (Å²) in [6.45, 7) is 3.89. The molecule has 2 heterocycles. The van der Waals surface area contributed by atoms with Crippen molar-refractivity contribution in [2.45, 2.75) is 19.0 Å². The lowest BCUT2D eigenvalue weighted by Crippen LogP contribution is -2.19. The van der Waals surface area contributed by atoms with Gasteiger partial charge in [0, 0.05) is 17.3 Å². The lowest BCUT2D eigenvalue weighted by atomic mass is 10.1. The number of carbonyl (C=O) groups excluding carboxylic acids is 2. The highest BCUT2D eigenvalue weighted by Gasteiger charge is 2.22. The first-order valence-electron chi connectivity index (χ1n) is 11.0. The summed E-state index contributed by atoms with van der Waals surface area (Å²) in [5.41, 5.74) is 8.54. The highest BCUT2D eigenvalue weighted by Crippen LogP contribution is 2.32. The van der Waals surface area contributed by atoms with Gasteiger partial charge in [0.2, 0.25) is 5.91 Å². The van der Waals surface area contributed by atoms with Gasteiger partial charge >= 0.3 is 5.97 Å². The quantitative estimate of drug-likeness (QED) is 0.201. The molecule has 0 aliphatic rings. The minimum atomic E-state index is -0.505. The average molecular weight is 522 g/mol. The largest absolute Gasteiger partial charge is 0.462 e. The minimum Gasteiger partial charge on any atom is -0.462 e. The molecular formula is C25H23N5O4S2. The van der Waals surface area contributed by atoms with Crippen molar-refractivity contribution in [3.05, 3.63) is 81.5 Å². The second kappa shape index (κ2) is 11.2. The zero-order valence-corrected chi connectivity index (χ0v) is 21.2. The van der Waals surface area contributed by atoms with Crippen LogP contribution in [-0.4, -0.2) is 38.8 Å². The van der Waals surface area contributed by atoms with E-state index >= 15 is 0 Å². The number of nitrogens with one attached hydrogen (secondary N) is 1. The number of nitrogens with two attached hydrogens (primary N) is 1. The molecule has 0 saturated heterocycles. The van der Waals surface area contributed by atoms with Gasteiger partial charge in [-0.05, 0) is 31.5 Å². The fraction of sp³-hybridized carbons (Fsp3) is 0.160. The van der Waals surface area contributed by atoms with Crippen molar-refractivity contribution in [3.8, 4) is 16.9 Å². The van der Waals surface area contributed by atoms with Crippen LogP contribution in [0.25, 0.3) is 16.9 Å². The molecule has 4 rings (SSSR count). The summed E-state index contributed by atoms with van der Waals surface area (Å²) in [5, 5.41) is 3.28. The number of anilines is 2. The number of thiazole rings is 1. The minimum absolute atomic E-state index is 0.0588. The maximum absolute atomic E-state index is 12.8. The van der Waals surface area contributed by atoms with E-state index in [2.05, 4.69) is 15.3 Å². The van der Waals surface area contributed by atoms with E-state index in [0.29, 0.717) is 10.6 Å². The summed E-state index contributed by atoms with van der Waals surface area (Å²) in [5.74, 6) is -0.724. The number of esters is 1. The molecule has 2 aromatic heterocycles. The summed E-state index contributed by atoms with van der Waals surface area (Å²) >= 11 is 2.11. The monoisotopic (exact) mass is 521 g/mol. The predicted octanol–water partition coefficient (Wildman–Crippen LogP) is 4.15. The van der Waals surface area contributed by atoms with Crippen LogP contribution in [-0.2, 0) is 9.53 Å². The molecule has 3 N–H and O–H groups in total. The van der Waals surface area contributed by atoms with E-state index in [9.17, 15) is 14.4 Å². The van der Waals surface area contributed by atoms with E-state index in [4.69, 9.17) is 10.5 Å². The molecule has 0 aliphatic carbocycles. The van der Waals surface area contributed by atoms with Gasteiger partial charge in [-0.1, -0.05) is 65.6 Å². The molecule has 36 heavy (non-hydrogen) atoms. The molecule has 0 spiro atoms. The van der Waals surface area contributed by atoms with Crippen LogP contribution in [0, 0.1) is 6.92 Å². The van der Waals surface area contributed by atoms with Crippen LogP contribution < -0.4 is 16.6 Å². The van der Waals surface area contributed by atoms with Crippen LogP contribution in [0.3, 0.4) is 0 Å². The van der Waals surface area contributed by atoms with E-state index in [1.54, 1.807) is 11.5 Å². The van der Waals surface area contributed by atoms with E-state index in [1.807, 2.05) is 61.5 Å². The molecule has 9 nitrogen and oxygen atoms in total. The number of nitrogen functional groups attached to an aromatic ring is 1. The van der Waals surface area contributed by atoms with E-state index < -0.39 is 11.5 Å². The summed E-state index contributed by atoms with van der Waals surface area (Å²) < 4.78 is 6.79. The van der Waals surface area contributed by atoms with Crippen molar-refractivity contribution >= 4 is 45.9 Å². The molecule has 1 amide bonds. The van der Waals surface area contributed by atoms with Crippen molar-refractivity contribution in [1.82, 2.24) is 14.5 Å². The molecule has 0 atom stereocenters. The van der Waals surface area contributed by atoms with Gasteiger partial charge in [0.1, 0.15) is 10.7 Å². The average Bonchev–Trinajstić information content (AvgIpc) is 3.27. The van der Waals surface area contributed by atoms with Gasteiger partial charge in [-0.25, -0.2) is 9.78 Å². The highest BCUT2D eigenvalue weighted by molar-refractivity contribution is 7.99. The molecule has 0 fully saturated rings. The van der Waals surface area contributed by atoms with Gasteiger partial charge in [0.15, 0.2) is 10.3 Å². The van der Waals surface area contributed by atoms with Crippen molar-refractivity contribution < 1.29 is 14.3 Å². The van der Waals surface area contributed by atoms with E-state index in [-0.39, 0.29) is 34.4 Å². The topological polar surface area (TPSA) is 129 Å². The fourth-order valence-corrected chi connectivity index (χ4v) is 5.11. The molecule has 2 aromatic carbocycles. The first kappa shape index (κ1) is 25.1. The maximum Gasteiger partial charge on any atom is 0.350 e. The number of amides is 1. The standard InChI is InChI=1S/C25H23N5O4S2/c1-3-34-23(33)22-21(16-9-5-4-6-10-16)29-24(36-22)27-20(32)14-35-25-28-19(31)13-18(26)30(25)17-11-7-8-15(2)12-17/h4-13H,3,14,26H2,1-2H3,(H,27,29,32). The molecule has 4 aromatic rings. The Hall–Kier alpha value is -3.96. The smallest absolute Gasteiger partial charge is 0.350 e. The van der Waals surface area contributed by atoms with Gasteiger partial charge < -0.3 is 15.8 Å². The molecule has 0 unspecified atom stereocenters. The second-order valence-electron chi connectivity index (χ2n) is 7.60. The number of hydrogen-bond acceptors (Lipinski definition) is 9. The predicted molar refractivity (Wildman–Crippen MR) is 142 cm³/mol. The summed E-state index contributed by atoms with van der Waals surface area (Å²) in [4.78, 5) is 46.1. The zero-order valence-electron chi connectivity index (χ0n) is 19.6. The maximum atomic E-state index is 12.8. The normalized spacial score (nSPS) is 10.7. The third-order valence-corrected chi connectivity index (χ3v) is 6.79. The Morgan fingerprint density at radius 1 is 1.11 bits per heavy atom. The number of thioether (sulfide) groups is 1. The molecule has 0 bridgehead atoms. The number of carbonyl (C=O) groups is 2. The Bertz CT molecular complexity index is 1470. The van der Waals surface area contributed by atoms with Crippen LogP contribution in [0.2, 0.25) is 0 Å². The third kappa shape index (κ3) is 5.81. The molecule has 11 heteroatoms. The molecular weight excluding hydrogens is 498 g/mol. The summed E-state index contributed by atoms with van der Waals surface area (Å²) in [6.07, 6.45) is 0. The van der Waals surface area contributed by atoms with Crippen LogP contribution >= 0.6 is 23.1 Å². The van der Waals surface area contributed by atoms with Gasteiger partial charge in [-0.15, -0.1) is 0 Å². The second-order valence-corrected chi connectivity index (χ2v) is 9.54. The van der Waals surface area contributed by atoms with Gasteiger partial charge in [-0.3, -0.25) is 14.2 Å². The first-order valence-corrected chi connectivity index (χ1v) is 12.8. The number of hydrogen-bond donors (Lipinski definition) is 2. The summed E-state index contributed by atoms with van der Waals surface area (Å²) in [6, 6.07) is 18.0. The van der Waals surface area contributed by atoms with Crippen LogP contribution in [0.4, 0.5) is 10.9 Å². The Morgan fingerprint density at radius 2 is 1.89 bits per heavy atom. The Labute approximate surface area is 215 Å². The lowest BCUT2D eigenvalue weighted by molar-refractivity contribution is -0.113. The van der Waals surface area contributed by atoms with Crippen LogP contribution in [0.5, 0.6) is 0 Å². The van der Waals surface area contributed by atoms with Crippen molar-refractivity contribution in [3.63, 3.8) is 0 Å². The molecule has 0 saturated carbocycles. The van der Waals surface area contributed by atoms with Crippen LogP contribution in [0.1, 0.15) is 22.2 Å². The Balaban J connectivity index is 1.55. The number of aryl methyl sites for hydroxylation is 1. The third-order valence-electron chi connectivity index (χ3n) is 4.90. The van der Waals surface area contributed by atoms with Crippen LogP contribution in [0.15, 0.2) is 70.6 Å². The van der Waals surface area contributed by atoms with Gasteiger partial charge in [0.25, 0.3) is 5.56 Å².